The number of nitrogens with zero attached hydrogens (tertiary/aromatic N) is 1. The molecule has 0 saturated carbocycles. The van der Waals surface area contributed by atoms with Crippen molar-refractivity contribution in [3.8, 4) is 11.5 Å². The molecule has 1 saturated heterocycles. The third-order valence-corrected chi connectivity index (χ3v) is 8.70. The smallest absolute Gasteiger partial charge is 0.269 e. The maximum absolute atomic E-state index is 13.1. The highest BCUT2D eigenvalue weighted by Gasteiger charge is 2.43. The molecule has 3 aliphatic rings. The largest absolute Gasteiger partial charge is 0.454 e. The Morgan fingerprint density at radius 1 is 1.09 bits per heavy atom. The molecule has 0 unspecified atom stereocenters. The lowest BCUT2D eigenvalue weighted by molar-refractivity contribution is 0.0486. The van der Waals surface area contributed by atoms with Crippen LogP contribution >= 0.6 is 0 Å². The van der Waals surface area contributed by atoms with Gasteiger partial charge in [-0.25, -0.2) is 12.7 Å². The van der Waals surface area contributed by atoms with Gasteiger partial charge in [0.2, 0.25) is 6.79 Å². The zero-order chi connectivity index (χ0) is 24.1. The molecule has 2 amide bonds. The lowest BCUT2D eigenvalue weighted by Crippen LogP contribution is -2.44. The monoisotopic (exact) mass is 486 g/mol. The van der Waals surface area contributed by atoms with E-state index in [0.29, 0.717) is 44.1 Å². The first-order valence-electron chi connectivity index (χ1n) is 11.2. The Morgan fingerprint density at radius 3 is 2.56 bits per heavy atom. The van der Waals surface area contributed by atoms with E-state index >= 15 is 0 Å². The number of carbonyl (C=O) groups is 2. The number of rotatable bonds is 5. The average Bonchev–Trinajstić information content (AvgIpc) is 3.37. The zero-order valence-electron chi connectivity index (χ0n) is 19.0. The summed E-state index contributed by atoms with van der Waals surface area (Å²) < 4.78 is 43.2. The first-order chi connectivity index (χ1) is 16.2. The molecule has 0 spiro atoms. The van der Waals surface area contributed by atoms with Crippen molar-refractivity contribution < 1.29 is 32.2 Å². The number of hydrogen-bond donors (Lipinski definition) is 1. The van der Waals surface area contributed by atoms with Gasteiger partial charge in [0.15, 0.2) is 11.5 Å². The summed E-state index contributed by atoms with van der Waals surface area (Å²) in [5.74, 6) is 0.401. The Kier molecular flexibility index (Phi) is 5.52. The van der Waals surface area contributed by atoms with E-state index in [1.165, 1.54) is 18.2 Å². The van der Waals surface area contributed by atoms with E-state index in [9.17, 15) is 18.0 Å². The second-order valence-corrected chi connectivity index (χ2v) is 10.8. The van der Waals surface area contributed by atoms with Gasteiger partial charge in [-0.1, -0.05) is 6.07 Å². The maximum atomic E-state index is 13.1. The van der Waals surface area contributed by atoms with Crippen molar-refractivity contribution in [1.82, 2.24) is 9.62 Å². The maximum Gasteiger partial charge on any atom is 0.269 e. The number of hydrogen-bond acceptors (Lipinski definition) is 7. The van der Waals surface area contributed by atoms with Gasteiger partial charge >= 0.3 is 0 Å². The van der Waals surface area contributed by atoms with Gasteiger partial charge in [-0.05, 0) is 62.6 Å². The van der Waals surface area contributed by atoms with Crippen LogP contribution in [0, 0.1) is 0 Å². The normalized spacial score (nSPS) is 19.9. The Hall–Kier alpha value is -3.11. The van der Waals surface area contributed by atoms with E-state index in [0.717, 1.165) is 9.87 Å². The van der Waals surface area contributed by atoms with Crippen molar-refractivity contribution in [2.24, 2.45) is 0 Å². The molecule has 10 heteroatoms. The van der Waals surface area contributed by atoms with Crippen LogP contribution in [-0.4, -0.2) is 57.1 Å². The number of amides is 2. The van der Waals surface area contributed by atoms with Crippen molar-refractivity contribution in [2.75, 3.05) is 26.6 Å². The third-order valence-electron chi connectivity index (χ3n) is 6.70. The standard InChI is InChI=1S/C24H26N2O7S/c1-15(2)26-23(28)18-5-3-16(11-21(18)34(26,29)30)22(27)25-13-24(7-9-31-10-8-24)17-4-6-19-20(12-17)33-14-32-19/h3-6,11-12,15H,7-10,13-14H2,1-2H3,(H,25,27). The molecule has 2 aromatic rings. The third kappa shape index (κ3) is 3.61. The lowest BCUT2D eigenvalue weighted by Gasteiger charge is -2.38. The van der Waals surface area contributed by atoms with Crippen LogP contribution in [0.2, 0.25) is 0 Å². The summed E-state index contributed by atoms with van der Waals surface area (Å²) in [6, 6.07) is 9.48. The highest BCUT2D eigenvalue weighted by atomic mass is 32.2. The van der Waals surface area contributed by atoms with Gasteiger partial charge in [-0.2, -0.15) is 0 Å². The first kappa shape index (κ1) is 22.7. The molecule has 0 bridgehead atoms. The quantitative estimate of drug-likeness (QED) is 0.691. The number of fused-ring (bicyclic) bond motifs is 2. The molecule has 1 N–H and O–H groups in total. The summed E-state index contributed by atoms with van der Waals surface area (Å²) in [6.45, 7) is 4.93. The highest BCUT2D eigenvalue weighted by molar-refractivity contribution is 7.90. The molecule has 1 fully saturated rings. The van der Waals surface area contributed by atoms with Crippen molar-refractivity contribution in [3.63, 3.8) is 0 Å². The summed E-state index contributed by atoms with van der Waals surface area (Å²) in [5, 5.41) is 2.98. The number of ether oxygens (including phenoxy) is 3. The molecule has 3 heterocycles. The molecule has 2 aromatic carbocycles. The molecule has 9 nitrogen and oxygen atoms in total. The molecule has 0 atom stereocenters. The van der Waals surface area contributed by atoms with Crippen LogP contribution in [0.3, 0.4) is 0 Å². The fraction of sp³-hybridized carbons (Fsp3) is 0.417. The summed E-state index contributed by atoms with van der Waals surface area (Å²) in [7, 11) is -3.99. The molecule has 180 valence electrons. The number of nitrogens with one attached hydrogen (secondary N) is 1. The molecule has 0 radical (unpaired) electrons. The van der Waals surface area contributed by atoms with Gasteiger partial charge in [0.05, 0.1) is 5.56 Å². The summed E-state index contributed by atoms with van der Waals surface area (Å²) in [5.41, 5.74) is 0.942. The zero-order valence-corrected chi connectivity index (χ0v) is 19.8. The number of benzene rings is 2. The van der Waals surface area contributed by atoms with Crippen LogP contribution in [0.1, 0.15) is 53.0 Å². The summed E-state index contributed by atoms with van der Waals surface area (Å²) in [4.78, 5) is 25.5. The second-order valence-electron chi connectivity index (χ2n) is 9.05. The van der Waals surface area contributed by atoms with Crippen LogP contribution in [0.25, 0.3) is 0 Å². The van der Waals surface area contributed by atoms with Crippen LogP contribution in [-0.2, 0) is 20.2 Å². The fourth-order valence-corrected chi connectivity index (χ4v) is 6.60. The van der Waals surface area contributed by atoms with Crippen LogP contribution in [0.15, 0.2) is 41.3 Å². The molecule has 5 rings (SSSR count). The number of carbonyl (C=O) groups excluding carboxylic acids is 2. The van der Waals surface area contributed by atoms with Gasteiger partial charge in [0.1, 0.15) is 4.90 Å². The van der Waals surface area contributed by atoms with E-state index in [4.69, 9.17) is 14.2 Å². The Bertz CT molecular complexity index is 1270. The molecule has 0 aliphatic carbocycles. The summed E-state index contributed by atoms with van der Waals surface area (Å²) >= 11 is 0. The van der Waals surface area contributed by atoms with E-state index < -0.39 is 27.9 Å². The second kappa shape index (κ2) is 8.28. The van der Waals surface area contributed by atoms with Crippen molar-refractivity contribution in [2.45, 2.75) is 43.0 Å². The van der Waals surface area contributed by atoms with Crippen molar-refractivity contribution in [1.29, 1.82) is 0 Å². The predicted molar refractivity (Wildman–Crippen MR) is 122 cm³/mol. The fourth-order valence-electron chi connectivity index (χ4n) is 4.81. The first-order valence-corrected chi connectivity index (χ1v) is 12.7. The lowest BCUT2D eigenvalue weighted by atomic mass is 9.74. The minimum atomic E-state index is -3.99. The molecule has 0 aromatic heterocycles. The Morgan fingerprint density at radius 2 is 1.82 bits per heavy atom. The van der Waals surface area contributed by atoms with E-state index in [1.807, 2.05) is 18.2 Å². The Labute approximate surface area is 198 Å². The number of sulfonamides is 1. The van der Waals surface area contributed by atoms with Crippen molar-refractivity contribution >= 4 is 21.8 Å². The van der Waals surface area contributed by atoms with E-state index in [-0.39, 0.29) is 28.2 Å². The topological polar surface area (TPSA) is 111 Å². The van der Waals surface area contributed by atoms with E-state index in [2.05, 4.69) is 5.32 Å². The van der Waals surface area contributed by atoms with Gasteiger partial charge < -0.3 is 19.5 Å². The molecule has 3 aliphatic heterocycles. The van der Waals surface area contributed by atoms with Gasteiger partial charge in [-0.15, -0.1) is 0 Å². The highest BCUT2D eigenvalue weighted by Crippen LogP contribution is 2.40. The average molecular weight is 487 g/mol. The minimum absolute atomic E-state index is 0.0894. The van der Waals surface area contributed by atoms with Gasteiger partial charge in [0.25, 0.3) is 21.8 Å². The van der Waals surface area contributed by atoms with Crippen LogP contribution < -0.4 is 14.8 Å². The SMILES string of the molecule is CC(C)N1C(=O)c2ccc(C(=O)NCC3(c4ccc5c(c4)OCO5)CCOCC3)cc2S1(=O)=O. The van der Waals surface area contributed by atoms with Gasteiger partial charge in [0, 0.05) is 36.8 Å². The van der Waals surface area contributed by atoms with Crippen LogP contribution in [0.5, 0.6) is 11.5 Å². The van der Waals surface area contributed by atoms with Crippen LogP contribution in [0.4, 0.5) is 0 Å². The molecular weight excluding hydrogens is 460 g/mol. The molecule has 34 heavy (non-hydrogen) atoms. The molecular formula is C24H26N2O7S. The van der Waals surface area contributed by atoms with Crippen molar-refractivity contribution in [3.05, 3.63) is 53.1 Å². The summed E-state index contributed by atoms with van der Waals surface area (Å²) in [6.07, 6.45) is 1.42. The minimum Gasteiger partial charge on any atom is -0.454 e. The van der Waals surface area contributed by atoms with E-state index in [1.54, 1.807) is 13.8 Å². The Balaban J connectivity index is 1.39. The predicted octanol–water partition coefficient (Wildman–Crippen LogP) is 2.45. The van der Waals surface area contributed by atoms with Gasteiger partial charge in [-0.3, -0.25) is 9.59 Å².